The highest BCUT2D eigenvalue weighted by Crippen LogP contribution is 2.21. The summed E-state index contributed by atoms with van der Waals surface area (Å²) in [5, 5.41) is 9.62. The Bertz CT molecular complexity index is 670. The van der Waals surface area contributed by atoms with Crippen molar-refractivity contribution in [1.82, 2.24) is 4.90 Å². The fourth-order valence-electron chi connectivity index (χ4n) is 2.75. The number of hydrogen-bond acceptors (Lipinski definition) is 3. The second-order valence-corrected chi connectivity index (χ2v) is 6.16. The minimum atomic E-state index is -0.894. The number of halogens is 1. The second kappa shape index (κ2) is 7.02. The first kappa shape index (κ1) is 15.8. The maximum Gasteiger partial charge on any atom is 0.335 e. The van der Waals surface area contributed by atoms with Crippen LogP contribution in [-0.2, 0) is 6.54 Å². The normalized spacial score (nSPS) is 18.0. The topological polar surface area (TPSA) is 49.8 Å². The molecule has 1 heterocycles. The van der Waals surface area contributed by atoms with Crippen molar-refractivity contribution >= 4 is 17.6 Å². The number of hydrogen-bond donors (Lipinski definition) is 1. The van der Waals surface area contributed by atoms with E-state index in [1.807, 2.05) is 36.4 Å². The number of ether oxygens (including phenoxy) is 1. The Morgan fingerprint density at radius 3 is 2.52 bits per heavy atom. The first-order chi connectivity index (χ1) is 11.1. The zero-order valence-electron chi connectivity index (χ0n) is 12.6. The lowest BCUT2D eigenvalue weighted by molar-refractivity contribution is 0.0697. The summed E-state index contributed by atoms with van der Waals surface area (Å²) in [4.78, 5) is 13.2. The van der Waals surface area contributed by atoms with Crippen LogP contribution in [0.25, 0.3) is 0 Å². The number of benzene rings is 2. The molecule has 2 aromatic carbocycles. The molecule has 1 atom stereocenters. The Morgan fingerprint density at radius 2 is 1.87 bits per heavy atom. The molecule has 120 valence electrons. The van der Waals surface area contributed by atoms with Crippen LogP contribution in [0, 0.1) is 0 Å². The van der Waals surface area contributed by atoms with Crippen molar-refractivity contribution in [3.63, 3.8) is 0 Å². The van der Waals surface area contributed by atoms with Crippen LogP contribution in [0.15, 0.2) is 48.5 Å². The van der Waals surface area contributed by atoms with E-state index in [2.05, 4.69) is 4.90 Å². The fraction of sp³-hybridized carbons (Fsp3) is 0.278. The molecule has 5 heteroatoms. The molecule has 1 aliphatic rings. The predicted octanol–water partition coefficient (Wildman–Crippen LogP) is 3.69. The van der Waals surface area contributed by atoms with Gasteiger partial charge in [-0.15, -0.1) is 0 Å². The first-order valence-electron chi connectivity index (χ1n) is 7.57. The van der Waals surface area contributed by atoms with Gasteiger partial charge in [-0.2, -0.15) is 0 Å². The molecule has 3 rings (SSSR count). The van der Waals surface area contributed by atoms with Crippen molar-refractivity contribution in [3.05, 3.63) is 64.7 Å². The van der Waals surface area contributed by atoms with Gasteiger partial charge in [0.15, 0.2) is 0 Å². The molecule has 0 amide bonds. The van der Waals surface area contributed by atoms with Gasteiger partial charge in [0.1, 0.15) is 11.9 Å². The molecule has 0 spiro atoms. The van der Waals surface area contributed by atoms with Gasteiger partial charge in [-0.05, 0) is 48.4 Å². The van der Waals surface area contributed by atoms with Crippen molar-refractivity contribution in [2.45, 2.75) is 19.1 Å². The molecule has 1 saturated heterocycles. The molecule has 0 saturated carbocycles. The standard InChI is InChI=1S/C18H18ClNO3/c19-15-5-7-16(8-6-15)23-17-9-10-20(12-17)11-13-1-3-14(4-2-13)18(21)22/h1-8,17H,9-12H2,(H,21,22). The summed E-state index contributed by atoms with van der Waals surface area (Å²) in [6, 6.07) is 14.5. The molecule has 1 N–H and O–H groups in total. The Kier molecular flexibility index (Phi) is 4.84. The van der Waals surface area contributed by atoms with E-state index in [9.17, 15) is 4.79 Å². The minimum absolute atomic E-state index is 0.175. The Balaban J connectivity index is 1.53. The molecular formula is C18H18ClNO3. The van der Waals surface area contributed by atoms with E-state index < -0.39 is 5.97 Å². The maximum atomic E-state index is 10.9. The Morgan fingerprint density at radius 1 is 1.17 bits per heavy atom. The summed E-state index contributed by atoms with van der Waals surface area (Å²) in [5.41, 5.74) is 1.43. The monoisotopic (exact) mass is 331 g/mol. The van der Waals surface area contributed by atoms with E-state index in [-0.39, 0.29) is 6.10 Å². The van der Waals surface area contributed by atoms with E-state index in [4.69, 9.17) is 21.4 Å². The molecule has 1 aliphatic heterocycles. The predicted molar refractivity (Wildman–Crippen MR) is 89.2 cm³/mol. The first-order valence-corrected chi connectivity index (χ1v) is 7.95. The number of aromatic carboxylic acids is 1. The minimum Gasteiger partial charge on any atom is -0.489 e. The SMILES string of the molecule is O=C(O)c1ccc(CN2CCC(Oc3ccc(Cl)cc3)C2)cc1. The zero-order valence-corrected chi connectivity index (χ0v) is 13.4. The molecule has 4 nitrogen and oxygen atoms in total. The number of carbonyl (C=O) groups is 1. The molecule has 0 aliphatic carbocycles. The summed E-state index contributed by atoms with van der Waals surface area (Å²) in [6.07, 6.45) is 1.16. The molecule has 1 unspecified atom stereocenters. The molecule has 1 fully saturated rings. The maximum absolute atomic E-state index is 10.9. The lowest BCUT2D eigenvalue weighted by Crippen LogP contribution is -2.24. The number of likely N-dealkylation sites (tertiary alicyclic amines) is 1. The van der Waals surface area contributed by atoms with Crippen molar-refractivity contribution in [2.75, 3.05) is 13.1 Å². The highest BCUT2D eigenvalue weighted by atomic mass is 35.5. The third kappa shape index (κ3) is 4.24. The summed E-state index contributed by atoms with van der Waals surface area (Å²) >= 11 is 5.87. The van der Waals surface area contributed by atoms with Gasteiger partial charge in [0.2, 0.25) is 0 Å². The van der Waals surface area contributed by atoms with Gasteiger partial charge in [0, 0.05) is 24.7 Å². The van der Waals surface area contributed by atoms with E-state index in [1.54, 1.807) is 12.1 Å². The van der Waals surface area contributed by atoms with Crippen LogP contribution in [0.5, 0.6) is 5.75 Å². The third-order valence-corrected chi connectivity index (χ3v) is 4.20. The van der Waals surface area contributed by atoms with Gasteiger partial charge >= 0.3 is 5.97 Å². The number of carboxylic acids is 1. The Labute approximate surface area is 140 Å². The highest BCUT2D eigenvalue weighted by molar-refractivity contribution is 6.30. The van der Waals surface area contributed by atoms with Crippen molar-refractivity contribution < 1.29 is 14.6 Å². The van der Waals surface area contributed by atoms with Crippen molar-refractivity contribution in [1.29, 1.82) is 0 Å². The van der Waals surface area contributed by atoms with Crippen LogP contribution in [0.4, 0.5) is 0 Å². The van der Waals surface area contributed by atoms with E-state index in [0.29, 0.717) is 10.6 Å². The van der Waals surface area contributed by atoms with Gasteiger partial charge in [-0.25, -0.2) is 4.79 Å². The largest absolute Gasteiger partial charge is 0.489 e. The number of carboxylic acid groups (broad SMARTS) is 1. The fourth-order valence-corrected chi connectivity index (χ4v) is 2.88. The van der Waals surface area contributed by atoms with Crippen LogP contribution in [0.2, 0.25) is 5.02 Å². The molecule has 0 radical (unpaired) electrons. The van der Waals surface area contributed by atoms with Crippen LogP contribution < -0.4 is 4.74 Å². The summed E-state index contributed by atoms with van der Waals surface area (Å²) in [5.74, 6) is -0.0544. The van der Waals surface area contributed by atoms with Gasteiger partial charge in [-0.1, -0.05) is 23.7 Å². The number of nitrogens with zero attached hydrogens (tertiary/aromatic N) is 1. The summed E-state index contributed by atoms with van der Waals surface area (Å²) in [6.45, 7) is 2.64. The van der Waals surface area contributed by atoms with Crippen LogP contribution in [0.1, 0.15) is 22.3 Å². The van der Waals surface area contributed by atoms with E-state index >= 15 is 0 Å². The third-order valence-electron chi connectivity index (χ3n) is 3.95. The van der Waals surface area contributed by atoms with Crippen molar-refractivity contribution in [3.8, 4) is 5.75 Å². The average molecular weight is 332 g/mol. The molecular weight excluding hydrogens is 314 g/mol. The molecule has 23 heavy (non-hydrogen) atoms. The number of rotatable bonds is 5. The van der Waals surface area contributed by atoms with Crippen LogP contribution in [-0.4, -0.2) is 35.2 Å². The van der Waals surface area contributed by atoms with E-state index in [1.165, 1.54) is 0 Å². The molecule has 2 aromatic rings. The summed E-state index contributed by atoms with van der Waals surface area (Å²) < 4.78 is 5.97. The van der Waals surface area contributed by atoms with Crippen LogP contribution in [0.3, 0.4) is 0 Å². The van der Waals surface area contributed by atoms with Crippen molar-refractivity contribution in [2.24, 2.45) is 0 Å². The smallest absolute Gasteiger partial charge is 0.335 e. The summed E-state index contributed by atoms with van der Waals surface area (Å²) in [7, 11) is 0. The zero-order chi connectivity index (χ0) is 16.2. The van der Waals surface area contributed by atoms with Gasteiger partial charge in [0.25, 0.3) is 0 Å². The lowest BCUT2D eigenvalue weighted by atomic mass is 10.1. The molecule has 0 bridgehead atoms. The van der Waals surface area contributed by atoms with Gasteiger partial charge in [0.05, 0.1) is 5.56 Å². The Hall–Kier alpha value is -2.04. The van der Waals surface area contributed by atoms with Crippen LogP contribution >= 0.6 is 11.6 Å². The lowest BCUT2D eigenvalue weighted by Gasteiger charge is -2.17. The highest BCUT2D eigenvalue weighted by Gasteiger charge is 2.24. The van der Waals surface area contributed by atoms with Gasteiger partial charge in [-0.3, -0.25) is 4.90 Å². The quantitative estimate of drug-likeness (QED) is 0.907. The molecule has 0 aromatic heterocycles. The average Bonchev–Trinajstić information content (AvgIpc) is 2.97. The van der Waals surface area contributed by atoms with Gasteiger partial charge < -0.3 is 9.84 Å². The van der Waals surface area contributed by atoms with E-state index in [0.717, 1.165) is 37.4 Å². The second-order valence-electron chi connectivity index (χ2n) is 5.72.